The van der Waals surface area contributed by atoms with Crippen LogP contribution in [0, 0.1) is 6.92 Å². The lowest BCUT2D eigenvalue weighted by Crippen LogP contribution is -2.53. The van der Waals surface area contributed by atoms with Gasteiger partial charge in [-0.2, -0.15) is 0 Å². The van der Waals surface area contributed by atoms with Crippen molar-refractivity contribution in [3.63, 3.8) is 0 Å². The Bertz CT molecular complexity index is 574. The number of carbonyl (C=O) groups is 1. The normalized spacial score (nSPS) is 24.6. The highest BCUT2D eigenvalue weighted by atomic mass is 19.3. The lowest BCUT2D eigenvalue weighted by Gasteiger charge is -2.38. The largest absolute Gasteiger partial charge is 0.365 e. The van der Waals surface area contributed by atoms with Crippen LogP contribution >= 0.6 is 0 Å². The maximum atomic E-state index is 13.2. The molecule has 2 aliphatic heterocycles. The first-order valence-corrected chi connectivity index (χ1v) is 7.77. The molecule has 1 atom stereocenters. The Morgan fingerprint density at radius 1 is 1.35 bits per heavy atom. The van der Waals surface area contributed by atoms with Gasteiger partial charge < -0.3 is 14.5 Å². The summed E-state index contributed by atoms with van der Waals surface area (Å²) >= 11 is 0. The van der Waals surface area contributed by atoms with Gasteiger partial charge in [-0.25, -0.2) is 18.7 Å². The van der Waals surface area contributed by atoms with Gasteiger partial charge in [0, 0.05) is 38.7 Å². The van der Waals surface area contributed by atoms with Crippen molar-refractivity contribution in [3.05, 3.63) is 18.1 Å². The summed E-state index contributed by atoms with van der Waals surface area (Å²) < 4.78 is 32.0. The Labute approximate surface area is 133 Å². The molecule has 1 aromatic rings. The van der Waals surface area contributed by atoms with Crippen LogP contribution in [-0.4, -0.2) is 65.6 Å². The summed E-state index contributed by atoms with van der Waals surface area (Å²) in [6.07, 6.45) is 0.489. The van der Waals surface area contributed by atoms with Crippen molar-refractivity contribution in [3.8, 4) is 0 Å². The van der Waals surface area contributed by atoms with Gasteiger partial charge in [0.2, 0.25) is 0 Å². The Hall–Kier alpha value is -1.83. The van der Waals surface area contributed by atoms with Crippen LogP contribution in [0.1, 0.15) is 18.7 Å². The van der Waals surface area contributed by atoms with E-state index in [1.807, 2.05) is 4.90 Å². The third-order valence-corrected chi connectivity index (χ3v) is 4.23. The van der Waals surface area contributed by atoms with Crippen molar-refractivity contribution >= 4 is 11.7 Å². The summed E-state index contributed by atoms with van der Waals surface area (Å²) in [5, 5.41) is 0. The first kappa shape index (κ1) is 16.0. The number of halogens is 2. The fourth-order valence-electron chi connectivity index (χ4n) is 2.88. The van der Waals surface area contributed by atoms with E-state index in [2.05, 4.69) is 9.97 Å². The van der Waals surface area contributed by atoms with Gasteiger partial charge in [-0.3, -0.25) is 4.79 Å². The highest BCUT2D eigenvalue weighted by Gasteiger charge is 2.38. The minimum atomic E-state index is -2.66. The van der Waals surface area contributed by atoms with Gasteiger partial charge in [-0.1, -0.05) is 0 Å². The Kier molecular flexibility index (Phi) is 4.43. The fourth-order valence-corrected chi connectivity index (χ4v) is 2.88. The molecular formula is C15H20F2N4O2. The average molecular weight is 326 g/mol. The Morgan fingerprint density at radius 2 is 2.09 bits per heavy atom. The smallest absolute Gasteiger partial charge is 0.253 e. The first-order chi connectivity index (χ1) is 10.9. The molecule has 3 rings (SSSR count). The number of amides is 1. The standard InChI is InChI=1S/C15H20F2N4O2/c1-11-18-5-2-13(19-11)21-8-9-23-12(10-21)14(22)20-6-3-15(16,17)4-7-20/h2,5,12H,3-4,6-10H2,1H3. The molecule has 1 unspecified atom stereocenters. The molecule has 23 heavy (non-hydrogen) atoms. The molecule has 0 spiro atoms. The van der Waals surface area contributed by atoms with E-state index in [0.717, 1.165) is 5.82 Å². The molecule has 8 heteroatoms. The third-order valence-electron chi connectivity index (χ3n) is 4.23. The molecule has 0 bridgehead atoms. The van der Waals surface area contributed by atoms with E-state index in [0.29, 0.717) is 25.5 Å². The lowest BCUT2D eigenvalue weighted by atomic mass is 10.1. The van der Waals surface area contributed by atoms with E-state index in [9.17, 15) is 13.6 Å². The van der Waals surface area contributed by atoms with Crippen molar-refractivity contribution in [1.82, 2.24) is 14.9 Å². The molecule has 0 N–H and O–H groups in total. The zero-order valence-corrected chi connectivity index (χ0v) is 13.0. The second-order valence-corrected chi connectivity index (χ2v) is 5.95. The number of morpholine rings is 1. The summed E-state index contributed by atoms with van der Waals surface area (Å²) in [5.74, 6) is -1.45. The first-order valence-electron chi connectivity index (χ1n) is 7.77. The SMILES string of the molecule is Cc1nccc(N2CCOC(C(=O)N3CCC(F)(F)CC3)C2)n1. The molecular weight excluding hydrogens is 306 g/mol. The number of piperidine rings is 1. The Morgan fingerprint density at radius 3 is 2.78 bits per heavy atom. The summed E-state index contributed by atoms with van der Waals surface area (Å²) in [5.41, 5.74) is 0. The van der Waals surface area contributed by atoms with Gasteiger partial charge in [0.15, 0.2) is 6.10 Å². The predicted molar refractivity (Wildman–Crippen MR) is 79.5 cm³/mol. The van der Waals surface area contributed by atoms with Crippen LogP contribution in [0.15, 0.2) is 12.3 Å². The van der Waals surface area contributed by atoms with E-state index in [1.165, 1.54) is 4.90 Å². The molecule has 3 heterocycles. The summed E-state index contributed by atoms with van der Waals surface area (Å²) in [4.78, 5) is 24.4. The molecule has 6 nitrogen and oxygen atoms in total. The highest BCUT2D eigenvalue weighted by Crippen LogP contribution is 2.28. The monoisotopic (exact) mass is 326 g/mol. The van der Waals surface area contributed by atoms with E-state index in [1.54, 1.807) is 19.2 Å². The van der Waals surface area contributed by atoms with Crippen molar-refractivity contribution in [2.75, 3.05) is 37.7 Å². The van der Waals surface area contributed by atoms with Crippen LogP contribution < -0.4 is 4.90 Å². The second kappa shape index (κ2) is 6.35. The van der Waals surface area contributed by atoms with Gasteiger partial charge in [-0.05, 0) is 13.0 Å². The molecule has 0 aliphatic carbocycles. The number of aryl methyl sites for hydroxylation is 1. The lowest BCUT2D eigenvalue weighted by molar-refractivity contribution is -0.150. The third kappa shape index (κ3) is 3.74. The van der Waals surface area contributed by atoms with Gasteiger partial charge in [0.25, 0.3) is 11.8 Å². The number of hydrogen-bond donors (Lipinski definition) is 0. The highest BCUT2D eigenvalue weighted by molar-refractivity contribution is 5.82. The van der Waals surface area contributed by atoms with Gasteiger partial charge in [0.05, 0.1) is 13.2 Å². The van der Waals surface area contributed by atoms with Crippen molar-refractivity contribution in [2.45, 2.75) is 31.8 Å². The summed E-state index contributed by atoms with van der Waals surface area (Å²) in [6.45, 7) is 3.39. The minimum Gasteiger partial charge on any atom is -0.365 e. The number of ether oxygens (including phenoxy) is 1. The topological polar surface area (TPSA) is 58.6 Å². The van der Waals surface area contributed by atoms with Crippen LogP contribution in [0.25, 0.3) is 0 Å². The van der Waals surface area contributed by atoms with Gasteiger partial charge in [0.1, 0.15) is 11.6 Å². The Balaban J connectivity index is 1.63. The number of likely N-dealkylation sites (tertiary alicyclic amines) is 1. The summed E-state index contributed by atoms with van der Waals surface area (Å²) in [6, 6.07) is 1.79. The number of alkyl halides is 2. The minimum absolute atomic E-state index is 0.0817. The van der Waals surface area contributed by atoms with Crippen LogP contribution in [0.3, 0.4) is 0 Å². The zero-order valence-electron chi connectivity index (χ0n) is 13.0. The number of aromatic nitrogens is 2. The van der Waals surface area contributed by atoms with E-state index >= 15 is 0 Å². The molecule has 2 saturated heterocycles. The van der Waals surface area contributed by atoms with Crippen LogP contribution in [0.2, 0.25) is 0 Å². The van der Waals surface area contributed by atoms with E-state index < -0.39 is 12.0 Å². The second-order valence-electron chi connectivity index (χ2n) is 5.95. The van der Waals surface area contributed by atoms with Gasteiger partial charge in [-0.15, -0.1) is 0 Å². The predicted octanol–water partition coefficient (Wildman–Crippen LogP) is 1.25. The molecule has 2 aliphatic rings. The van der Waals surface area contributed by atoms with Crippen molar-refractivity contribution in [1.29, 1.82) is 0 Å². The number of rotatable bonds is 2. The number of hydrogen-bond acceptors (Lipinski definition) is 5. The van der Waals surface area contributed by atoms with Crippen LogP contribution in [0.5, 0.6) is 0 Å². The molecule has 0 radical (unpaired) electrons. The maximum Gasteiger partial charge on any atom is 0.253 e. The molecule has 126 valence electrons. The average Bonchev–Trinajstić information content (AvgIpc) is 2.54. The van der Waals surface area contributed by atoms with Crippen molar-refractivity contribution < 1.29 is 18.3 Å². The maximum absolute atomic E-state index is 13.2. The molecule has 0 saturated carbocycles. The molecule has 0 aromatic carbocycles. The molecule has 2 fully saturated rings. The number of nitrogens with zero attached hydrogens (tertiary/aromatic N) is 4. The van der Waals surface area contributed by atoms with Crippen LogP contribution in [0.4, 0.5) is 14.6 Å². The van der Waals surface area contributed by atoms with E-state index in [-0.39, 0.29) is 31.8 Å². The number of carbonyl (C=O) groups excluding carboxylic acids is 1. The van der Waals surface area contributed by atoms with Crippen LogP contribution in [-0.2, 0) is 9.53 Å². The number of anilines is 1. The molecule has 1 amide bonds. The fraction of sp³-hybridized carbons (Fsp3) is 0.667. The zero-order chi connectivity index (χ0) is 16.4. The summed E-state index contributed by atoms with van der Waals surface area (Å²) in [7, 11) is 0. The van der Waals surface area contributed by atoms with Gasteiger partial charge >= 0.3 is 0 Å². The quantitative estimate of drug-likeness (QED) is 0.819. The van der Waals surface area contributed by atoms with Crippen molar-refractivity contribution in [2.24, 2.45) is 0 Å². The molecule has 1 aromatic heterocycles. The van der Waals surface area contributed by atoms with E-state index in [4.69, 9.17) is 4.74 Å².